The van der Waals surface area contributed by atoms with Gasteiger partial charge >= 0.3 is 5.97 Å². The van der Waals surface area contributed by atoms with E-state index < -0.39 is 0 Å². The molecule has 0 aliphatic carbocycles. The van der Waals surface area contributed by atoms with E-state index in [0.29, 0.717) is 12.3 Å². The van der Waals surface area contributed by atoms with Crippen molar-refractivity contribution < 1.29 is 9.53 Å². The number of nitrogens with one attached hydrogen (secondary N) is 1. The molecule has 0 saturated heterocycles. The van der Waals surface area contributed by atoms with Crippen LogP contribution in [0.2, 0.25) is 0 Å². The zero-order chi connectivity index (χ0) is 13.5. The summed E-state index contributed by atoms with van der Waals surface area (Å²) in [6.07, 6.45) is 1.19. The van der Waals surface area contributed by atoms with Crippen molar-refractivity contribution in [3.8, 4) is 0 Å². The van der Waals surface area contributed by atoms with Crippen molar-refractivity contribution >= 4 is 5.97 Å². The highest BCUT2D eigenvalue weighted by Crippen LogP contribution is 2.21. The highest BCUT2D eigenvalue weighted by molar-refractivity contribution is 5.69. The first-order valence-corrected chi connectivity index (χ1v) is 6.42. The van der Waals surface area contributed by atoms with Gasteiger partial charge in [0.15, 0.2) is 0 Å². The molecule has 0 amide bonds. The van der Waals surface area contributed by atoms with Gasteiger partial charge < -0.3 is 10.1 Å². The van der Waals surface area contributed by atoms with Crippen molar-refractivity contribution in [1.29, 1.82) is 0 Å². The molecule has 100 valence electrons. The molecule has 18 heavy (non-hydrogen) atoms. The van der Waals surface area contributed by atoms with E-state index in [0.717, 1.165) is 6.42 Å². The molecule has 1 N–H and O–H groups in total. The van der Waals surface area contributed by atoms with Crippen LogP contribution in [-0.4, -0.2) is 20.1 Å². The first-order chi connectivity index (χ1) is 8.58. The van der Waals surface area contributed by atoms with Crippen molar-refractivity contribution in [2.75, 3.05) is 14.2 Å². The van der Waals surface area contributed by atoms with Gasteiger partial charge in [-0.05, 0) is 30.5 Å². The molecule has 0 radical (unpaired) electrons. The van der Waals surface area contributed by atoms with Crippen LogP contribution in [0.3, 0.4) is 0 Å². The zero-order valence-corrected chi connectivity index (χ0v) is 11.7. The third-order valence-electron chi connectivity index (χ3n) is 3.22. The summed E-state index contributed by atoms with van der Waals surface area (Å²) in [4.78, 5) is 11.2. The van der Waals surface area contributed by atoms with Gasteiger partial charge in [-0.3, -0.25) is 4.79 Å². The first-order valence-electron chi connectivity index (χ1n) is 6.42. The molecule has 0 aliphatic heterocycles. The molecule has 1 rings (SSSR count). The molecule has 0 aromatic heterocycles. The Morgan fingerprint density at radius 1 is 1.22 bits per heavy atom. The third kappa shape index (κ3) is 4.15. The van der Waals surface area contributed by atoms with Crippen molar-refractivity contribution in [3.63, 3.8) is 0 Å². The van der Waals surface area contributed by atoms with Crippen LogP contribution in [-0.2, 0) is 9.53 Å². The lowest BCUT2D eigenvalue weighted by Gasteiger charge is -2.17. The standard InChI is InChI=1S/C15H23NO2/c1-11(2)12-5-7-13(8-6-12)14(16-3)9-10-15(17)18-4/h5-8,11,14,16H,9-10H2,1-4H3. The summed E-state index contributed by atoms with van der Waals surface area (Å²) in [5.74, 6) is 0.385. The molecule has 3 heteroatoms. The van der Waals surface area contributed by atoms with Crippen LogP contribution >= 0.6 is 0 Å². The van der Waals surface area contributed by atoms with E-state index in [4.69, 9.17) is 0 Å². The van der Waals surface area contributed by atoms with Crippen LogP contribution in [0.1, 0.15) is 49.8 Å². The Morgan fingerprint density at radius 3 is 2.22 bits per heavy atom. The molecular formula is C15H23NO2. The largest absolute Gasteiger partial charge is 0.469 e. The Bertz CT molecular complexity index is 371. The fraction of sp³-hybridized carbons (Fsp3) is 0.533. The molecule has 0 aliphatic rings. The summed E-state index contributed by atoms with van der Waals surface area (Å²) in [7, 11) is 3.34. The monoisotopic (exact) mass is 249 g/mol. The molecule has 0 bridgehead atoms. The predicted molar refractivity (Wildman–Crippen MR) is 73.6 cm³/mol. The van der Waals surface area contributed by atoms with Crippen LogP contribution < -0.4 is 5.32 Å². The average molecular weight is 249 g/mol. The lowest BCUT2D eigenvalue weighted by atomic mass is 9.97. The topological polar surface area (TPSA) is 38.3 Å². The van der Waals surface area contributed by atoms with Gasteiger partial charge in [-0.15, -0.1) is 0 Å². The van der Waals surface area contributed by atoms with Gasteiger partial charge in [-0.1, -0.05) is 38.1 Å². The quantitative estimate of drug-likeness (QED) is 0.788. The van der Waals surface area contributed by atoms with E-state index in [2.05, 4.69) is 48.2 Å². The van der Waals surface area contributed by atoms with Crippen molar-refractivity contribution in [2.24, 2.45) is 0 Å². The molecule has 1 unspecified atom stereocenters. The summed E-state index contributed by atoms with van der Waals surface area (Å²) in [5, 5.41) is 3.24. The average Bonchev–Trinajstić information content (AvgIpc) is 2.39. The number of ether oxygens (including phenoxy) is 1. The van der Waals surface area contributed by atoms with Crippen molar-refractivity contribution in [1.82, 2.24) is 5.32 Å². The number of carbonyl (C=O) groups excluding carboxylic acids is 1. The van der Waals surface area contributed by atoms with E-state index in [1.54, 1.807) is 0 Å². The number of methoxy groups -OCH3 is 1. The van der Waals surface area contributed by atoms with E-state index in [1.165, 1.54) is 18.2 Å². The summed E-state index contributed by atoms with van der Waals surface area (Å²) < 4.78 is 4.66. The minimum absolute atomic E-state index is 0.158. The van der Waals surface area contributed by atoms with Gasteiger partial charge in [-0.25, -0.2) is 0 Å². The molecule has 0 heterocycles. The van der Waals surface area contributed by atoms with Gasteiger partial charge in [0.1, 0.15) is 0 Å². The number of hydrogen-bond donors (Lipinski definition) is 1. The Balaban J connectivity index is 2.67. The lowest BCUT2D eigenvalue weighted by Crippen LogP contribution is -2.18. The molecule has 0 spiro atoms. The van der Waals surface area contributed by atoms with E-state index in [-0.39, 0.29) is 12.0 Å². The summed E-state index contributed by atoms with van der Waals surface area (Å²) in [6, 6.07) is 8.78. The molecule has 1 aromatic rings. The lowest BCUT2D eigenvalue weighted by molar-refractivity contribution is -0.140. The zero-order valence-electron chi connectivity index (χ0n) is 11.7. The Kier molecular flexibility index (Phi) is 5.86. The fourth-order valence-electron chi connectivity index (χ4n) is 1.96. The molecule has 1 atom stereocenters. The second kappa shape index (κ2) is 7.17. The SMILES string of the molecule is CNC(CCC(=O)OC)c1ccc(C(C)C)cc1. The Hall–Kier alpha value is -1.35. The summed E-state index contributed by atoms with van der Waals surface area (Å²) >= 11 is 0. The maximum atomic E-state index is 11.2. The molecule has 1 aromatic carbocycles. The molecule has 3 nitrogen and oxygen atoms in total. The fourth-order valence-corrected chi connectivity index (χ4v) is 1.96. The smallest absolute Gasteiger partial charge is 0.305 e. The Morgan fingerprint density at radius 2 is 1.78 bits per heavy atom. The van der Waals surface area contributed by atoms with Gasteiger partial charge in [0.05, 0.1) is 7.11 Å². The van der Waals surface area contributed by atoms with E-state index in [9.17, 15) is 4.79 Å². The van der Waals surface area contributed by atoms with Crippen LogP contribution in [0.15, 0.2) is 24.3 Å². The molecular weight excluding hydrogens is 226 g/mol. The number of esters is 1. The van der Waals surface area contributed by atoms with Gasteiger partial charge in [0.2, 0.25) is 0 Å². The van der Waals surface area contributed by atoms with E-state index in [1.807, 2.05) is 7.05 Å². The van der Waals surface area contributed by atoms with Gasteiger partial charge in [0.25, 0.3) is 0 Å². The van der Waals surface area contributed by atoms with Gasteiger partial charge in [-0.2, -0.15) is 0 Å². The number of hydrogen-bond acceptors (Lipinski definition) is 3. The summed E-state index contributed by atoms with van der Waals surface area (Å²) in [6.45, 7) is 4.36. The maximum Gasteiger partial charge on any atom is 0.305 e. The number of carbonyl (C=O) groups is 1. The second-order valence-corrected chi connectivity index (χ2v) is 4.78. The molecule has 0 saturated carbocycles. The minimum atomic E-state index is -0.158. The van der Waals surface area contributed by atoms with Gasteiger partial charge in [0, 0.05) is 12.5 Å². The Labute approximate surface area is 110 Å². The first kappa shape index (κ1) is 14.7. The normalized spacial score (nSPS) is 12.5. The van der Waals surface area contributed by atoms with Crippen molar-refractivity contribution in [3.05, 3.63) is 35.4 Å². The summed E-state index contributed by atoms with van der Waals surface area (Å²) in [5.41, 5.74) is 2.55. The number of rotatable bonds is 6. The number of benzene rings is 1. The third-order valence-corrected chi connectivity index (χ3v) is 3.22. The van der Waals surface area contributed by atoms with Crippen LogP contribution in [0.5, 0.6) is 0 Å². The van der Waals surface area contributed by atoms with Crippen LogP contribution in [0, 0.1) is 0 Å². The highest BCUT2D eigenvalue weighted by atomic mass is 16.5. The molecule has 0 fully saturated rings. The predicted octanol–water partition coefficient (Wildman–Crippen LogP) is 3.02. The minimum Gasteiger partial charge on any atom is -0.469 e. The van der Waals surface area contributed by atoms with E-state index >= 15 is 0 Å². The maximum absolute atomic E-state index is 11.2. The van der Waals surface area contributed by atoms with Crippen molar-refractivity contribution in [2.45, 2.75) is 38.6 Å². The second-order valence-electron chi connectivity index (χ2n) is 4.78. The van der Waals surface area contributed by atoms with Crippen LogP contribution in [0.4, 0.5) is 0 Å². The highest BCUT2D eigenvalue weighted by Gasteiger charge is 2.12. The van der Waals surface area contributed by atoms with Crippen LogP contribution in [0.25, 0.3) is 0 Å².